The third-order valence-electron chi connectivity index (χ3n) is 4.70. The summed E-state index contributed by atoms with van der Waals surface area (Å²) in [6.07, 6.45) is 0.315. The molecule has 104 valence electrons. The molecule has 0 bridgehead atoms. The molecule has 7 heteroatoms. The van der Waals surface area contributed by atoms with Gasteiger partial charge in [-0.3, -0.25) is 10.1 Å². The highest BCUT2D eigenvalue weighted by molar-refractivity contribution is 6.09. The van der Waals surface area contributed by atoms with Crippen molar-refractivity contribution in [2.24, 2.45) is 17.3 Å². The summed E-state index contributed by atoms with van der Waals surface area (Å²) in [5.74, 6) is -2.99. The fourth-order valence-electron chi connectivity index (χ4n) is 4.22. The average molecular weight is 270 g/mol. The molecule has 1 spiro atoms. The predicted molar refractivity (Wildman–Crippen MR) is 60.6 cm³/mol. The number of hydrogen-bond acceptors (Lipinski definition) is 4. The van der Waals surface area contributed by atoms with Crippen molar-refractivity contribution in [3.8, 4) is 0 Å². The minimum Gasteiger partial charge on any atom is -0.467 e. The van der Waals surface area contributed by atoms with E-state index in [-0.39, 0.29) is 0 Å². The molecular formula is C12H15FN2O4. The zero-order chi connectivity index (χ0) is 14.2. The maximum absolute atomic E-state index is 14.9. The molecule has 0 aromatic heterocycles. The molecule has 0 aromatic carbocycles. The molecule has 3 unspecified atom stereocenters. The van der Waals surface area contributed by atoms with Crippen molar-refractivity contribution in [1.29, 1.82) is 0 Å². The van der Waals surface area contributed by atoms with Crippen molar-refractivity contribution < 1.29 is 23.5 Å². The van der Waals surface area contributed by atoms with Gasteiger partial charge in [0.05, 0.1) is 7.11 Å². The fraction of sp³-hybridized carbons (Fsp3) is 0.750. The first-order valence-electron chi connectivity index (χ1n) is 6.11. The molecule has 1 heterocycles. The number of carbonyl (C=O) groups is 3. The van der Waals surface area contributed by atoms with Gasteiger partial charge in [-0.15, -0.1) is 0 Å². The molecule has 2 saturated carbocycles. The number of hydrogen-bond donors (Lipinski definition) is 2. The summed E-state index contributed by atoms with van der Waals surface area (Å²) in [6.45, 7) is 3.59. The second-order valence-electron chi connectivity index (χ2n) is 6.26. The smallest absolute Gasteiger partial charge is 0.344 e. The first kappa shape index (κ1) is 12.4. The van der Waals surface area contributed by atoms with E-state index in [1.165, 1.54) is 0 Å². The summed E-state index contributed by atoms with van der Waals surface area (Å²) in [5, 5.41) is 4.64. The molecular weight excluding hydrogens is 255 g/mol. The normalized spacial score (nSPS) is 45.7. The standard InChI is InChI=1S/C12H15FN2O4/c1-10(2)4-11(7(16)14-9(18)15-11)6-5(10)12(6,13)8(17)19-3/h5-6H,4H2,1-3H3,(H2,14,15,16,18)/t5?,6?,11-,12?/m0/s1. The SMILES string of the molecule is COC(=O)C1(F)C2C1[C@]1(CC2(C)C)NC(=O)NC1=O. The van der Waals surface area contributed by atoms with E-state index in [4.69, 9.17) is 0 Å². The van der Waals surface area contributed by atoms with Crippen LogP contribution in [0.1, 0.15) is 20.3 Å². The van der Waals surface area contributed by atoms with Gasteiger partial charge in [-0.1, -0.05) is 13.8 Å². The summed E-state index contributed by atoms with van der Waals surface area (Å²) in [5.41, 5.74) is -4.08. The van der Waals surface area contributed by atoms with E-state index in [0.717, 1.165) is 7.11 Å². The predicted octanol–water partition coefficient (Wildman–Crippen LogP) is 0.122. The lowest BCUT2D eigenvalue weighted by atomic mass is 9.78. The Morgan fingerprint density at radius 1 is 1.37 bits per heavy atom. The number of alkyl halides is 1. The summed E-state index contributed by atoms with van der Waals surface area (Å²) < 4.78 is 19.4. The van der Waals surface area contributed by atoms with Gasteiger partial charge >= 0.3 is 12.0 Å². The Labute approximate surface area is 109 Å². The Kier molecular flexibility index (Phi) is 2.01. The first-order chi connectivity index (χ1) is 8.70. The summed E-state index contributed by atoms with van der Waals surface area (Å²) in [7, 11) is 1.12. The molecule has 4 atom stereocenters. The number of ether oxygens (including phenoxy) is 1. The highest BCUT2D eigenvalue weighted by Crippen LogP contribution is 2.74. The molecule has 2 N–H and O–H groups in total. The topological polar surface area (TPSA) is 84.5 Å². The van der Waals surface area contributed by atoms with E-state index in [1.807, 2.05) is 0 Å². The third-order valence-corrected chi connectivity index (χ3v) is 4.70. The van der Waals surface area contributed by atoms with Crippen LogP contribution in [0.5, 0.6) is 0 Å². The number of halogens is 1. The van der Waals surface area contributed by atoms with Gasteiger partial charge in [-0.25, -0.2) is 14.0 Å². The van der Waals surface area contributed by atoms with E-state index in [2.05, 4.69) is 15.4 Å². The number of rotatable bonds is 1. The molecule has 0 radical (unpaired) electrons. The quantitative estimate of drug-likeness (QED) is 0.523. The van der Waals surface area contributed by atoms with Crippen molar-refractivity contribution >= 4 is 17.9 Å². The number of nitrogens with one attached hydrogen (secondary N) is 2. The van der Waals surface area contributed by atoms with Gasteiger partial charge in [-0.05, 0) is 11.8 Å². The molecule has 6 nitrogen and oxygen atoms in total. The highest BCUT2D eigenvalue weighted by Gasteiger charge is 2.88. The molecule has 3 amide bonds. The van der Waals surface area contributed by atoms with Crippen molar-refractivity contribution in [2.45, 2.75) is 31.5 Å². The Morgan fingerprint density at radius 3 is 2.47 bits per heavy atom. The number of esters is 1. The summed E-state index contributed by atoms with van der Waals surface area (Å²) in [4.78, 5) is 35.1. The molecule has 3 fully saturated rings. The van der Waals surface area contributed by atoms with Gasteiger partial charge in [0.25, 0.3) is 5.91 Å². The van der Waals surface area contributed by atoms with Gasteiger partial charge in [0.2, 0.25) is 5.67 Å². The van der Waals surface area contributed by atoms with E-state index < -0.39 is 46.4 Å². The Bertz CT molecular complexity index is 520. The summed E-state index contributed by atoms with van der Waals surface area (Å²) in [6, 6.07) is -0.638. The molecule has 3 rings (SSSR count). The lowest BCUT2D eigenvalue weighted by Gasteiger charge is -2.31. The van der Waals surface area contributed by atoms with Gasteiger partial charge in [0.1, 0.15) is 5.54 Å². The number of fused-ring (bicyclic) bond motifs is 2. The molecule has 1 saturated heterocycles. The monoisotopic (exact) mass is 270 g/mol. The van der Waals surface area contributed by atoms with E-state index in [9.17, 15) is 18.8 Å². The van der Waals surface area contributed by atoms with Gasteiger partial charge in [-0.2, -0.15) is 0 Å². The number of carbonyl (C=O) groups excluding carboxylic acids is 3. The second-order valence-corrected chi connectivity index (χ2v) is 6.26. The maximum atomic E-state index is 14.9. The Morgan fingerprint density at radius 2 is 2.00 bits per heavy atom. The van der Waals surface area contributed by atoms with E-state index >= 15 is 0 Å². The number of urea groups is 1. The molecule has 2 aliphatic carbocycles. The first-order valence-corrected chi connectivity index (χ1v) is 6.11. The van der Waals surface area contributed by atoms with Crippen LogP contribution >= 0.6 is 0 Å². The number of methoxy groups -OCH3 is 1. The van der Waals surface area contributed by atoms with Crippen LogP contribution < -0.4 is 10.6 Å². The van der Waals surface area contributed by atoms with Gasteiger partial charge < -0.3 is 10.1 Å². The average Bonchev–Trinajstić information content (AvgIpc) is 2.76. The van der Waals surface area contributed by atoms with Crippen molar-refractivity contribution in [3.63, 3.8) is 0 Å². The van der Waals surface area contributed by atoms with Crippen molar-refractivity contribution in [1.82, 2.24) is 10.6 Å². The van der Waals surface area contributed by atoms with E-state index in [1.54, 1.807) is 13.8 Å². The molecule has 0 aromatic rings. The number of amides is 3. The van der Waals surface area contributed by atoms with Crippen molar-refractivity contribution in [3.05, 3.63) is 0 Å². The van der Waals surface area contributed by atoms with Crippen LogP contribution in [0.4, 0.5) is 9.18 Å². The van der Waals surface area contributed by atoms with Gasteiger partial charge in [0, 0.05) is 11.8 Å². The van der Waals surface area contributed by atoms with Crippen LogP contribution in [0.2, 0.25) is 0 Å². The zero-order valence-corrected chi connectivity index (χ0v) is 10.9. The van der Waals surface area contributed by atoms with Crippen LogP contribution in [0, 0.1) is 17.3 Å². The summed E-state index contributed by atoms with van der Waals surface area (Å²) >= 11 is 0. The Hall–Kier alpha value is -1.66. The third kappa shape index (κ3) is 1.18. The molecule has 1 aliphatic heterocycles. The minimum absolute atomic E-state index is 0.315. The Balaban J connectivity index is 2.06. The van der Waals surface area contributed by atoms with Crippen LogP contribution in [0.3, 0.4) is 0 Å². The van der Waals surface area contributed by atoms with Crippen LogP contribution in [-0.4, -0.2) is 36.2 Å². The molecule has 19 heavy (non-hydrogen) atoms. The van der Waals surface area contributed by atoms with E-state index in [0.29, 0.717) is 6.42 Å². The molecule has 3 aliphatic rings. The highest BCUT2D eigenvalue weighted by atomic mass is 19.1. The lowest BCUT2D eigenvalue weighted by molar-refractivity contribution is -0.152. The van der Waals surface area contributed by atoms with Crippen LogP contribution in [0.25, 0.3) is 0 Å². The second kappa shape index (κ2) is 3.08. The minimum atomic E-state index is -2.19. The fourth-order valence-corrected chi connectivity index (χ4v) is 4.22. The lowest BCUT2D eigenvalue weighted by Crippen LogP contribution is -2.52. The van der Waals surface area contributed by atoms with Crippen LogP contribution in [-0.2, 0) is 14.3 Å². The zero-order valence-electron chi connectivity index (χ0n) is 10.9. The van der Waals surface area contributed by atoms with Crippen LogP contribution in [0.15, 0.2) is 0 Å². The largest absolute Gasteiger partial charge is 0.467 e. The number of imide groups is 1. The van der Waals surface area contributed by atoms with Crippen molar-refractivity contribution in [2.75, 3.05) is 7.11 Å². The van der Waals surface area contributed by atoms with Gasteiger partial charge in [0.15, 0.2) is 0 Å². The maximum Gasteiger partial charge on any atom is 0.344 e.